The van der Waals surface area contributed by atoms with Crippen LogP contribution in [0.2, 0.25) is 0 Å². The number of carbonyl (C=O) groups excluding carboxylic acids is 1. The summed E-state index contributed by atoms with van der Waals surface area (Å²) in [5.41, 5.74) is 0.565. The zero-order valence-electron chi connectivity index (χ0n) is 15.9. The van der Waals surface area contributed by atoms with Gasteiger partial charge in [-0.05, 0) is 24.8 Å². The van der Waals surface area contributed by atoms with Crippen molar-refractivity contribution in [1.82, 2.24) is 20.9 Å². The van der Waals surface area contributed by atoms with Gasteiger partial charge in [0, 0.05) is 27.7 Å². The average Bonchev–Trinajstić information content (AvgIpc) is 3.34. The molecule has 2 fully saturated rings. The lowest BCUT2D eigenvalue weighted by Crippen LogP contribution is -2.53. The molecule has 144 valence electrons. The third-order valence-electron chi connectivity index (χ3n) is 4.32. The van der Waals surface area contributed by atoms with Crippen LogP contribution < -0.4 is 16.0 Å². The zero-order valence-corrected chi connectivity index (χ0v) is 15.9. The highest BCUT2D eigenvalue weighted by atomic mass is 16.5. The Morgan fingerprint density at radius 2 is 1.92 bits per heavy atom. The predicted molar refractivity (Wildman–Crippen MR) is 104 cm³/mol. The molecule has 2 atom stereocenters. The van der Waals surface area contributed by atoms with Crippen molar-refractivity contribution in [1.29, 1.82) is 0 Å². The van der Waals surface area contributed by atoms with Crippen LogP contribution in [0, 0.1) is 5.92 Å². The standard InChI is InChI=1S/C18H30N6O2/c1-6-16(25)22-14-10-26-11-15(14)23-18(24(4)5)21-12(2)17(19-3)20-9-13-7-8-13/h6,13-15H,1-2,7-11H2,3-5H3,(H,19,20)(H,21,23)(H,22,25)/t14-,15+/m0/s1. The monoisotopic (exact) mass is 362 g/mol. The van der Waals surface area contributed by atoms with E-state index in [1.54, 1.807) is 7.05 Å². The molecular formula is C18H30N6O2. The Labute approximate surface area is 155 Å². The van der Waals surface area contributed by atoms with E-state index < -0.39 is 0 Å². The van der Waals surface area contributed by atoms with Gasteiger partial charge < -0.3 is 25.6 Å². The van der Waals surface area contributed by atoms with Crippen molar-refractivity contribution in [2.45, 2.75) is 24.9 Å². The Hall–Kier alpha value is -2.35. The number of aliphatic imine (C=N–C) groups is 2. The summed E-state index contributed by atoms with van der Waals surface area (Å²) < 4.78 is 5.50. The third-order valence-corrected chi connectivity index (χ3v) is 4.32. The maximum atomic E-state index is 11.6. The van der Waals surface area contributed by atoms with Crippen molar-refractivity contribution in [3.05, 3.63) is 24.9 Å². The van der Waals surface area contributed by atoms with Crippen LogP contribution in [0.15, 0.2) is 34.9 Å². The molecule has 2 rings (SSSR count). The van der Waals surface area contributed by atoms with Crippen LogP contribution in [0.3, 0.4) is 0 Å². The van der Waals surface area contributed by atoms with E-state index in [0.29, 0.717) is 30.7 Å². The van der Waals surface area contributed by atoms with Gasteiger partial charge in [-0.3, -0.25) is 9.79 Å². The summed E-state index contributed by atoms with van der Waals surface area (Å²) in [7, 11) is 5.52. The minimum absolute atomic E-state index is 0.0886. The largest absolute Gasteiger partial charge is 0.377 e. The lowest BCUT2D eigenvalue weighted by Gasteiger charge is -2.25. The SMILES string of the molecule is C=CC(=O)N[C@H]1COC[C@H]1N/C(=N/C(=C)/C(=N\C)NCC1CC1)N(C)C. The molecule has 1 aliphatic heterocycles. The van der Waals surface area contributed by atoms with Crippen molar-refractivity contribution < 1.29 is 9.53 Å². The first-order chi connectivity index (χ1) is 12.4. The van der Waals surface area contributed by atoms with Gasteiger partial charge in [0.1, 0.15) is 11.5 Å². The summed E-state index contributed by atoms with van der Waals surface area (Å²) in [5, 5.41) is 9.53. The molecule has 0 bridgehead atoms. The highest BCUT2D eigenvalue weighted by Gasteiger charge is 2.30. The molecule has 26 heavy (non-hydrogen) atoms. The number of hydrogen-bond acceptors (Lipinski definition) is 4. The van der Waals surface area contributed by atoms with Gasteiger partial charge in [0.15, 0.2) is 5.96 Å². The van der Waals surface area contributed by atoms with Crippen molar-refractivity contribution in [3.63, 3.8) is 0 Å². The number of nitrogens with zero attached hydrogens (tertiary/aromatic N) is 3. The van der Waals surface area contributed by atoms with E-state index in [4.69, 9.17) is 4.74 Å². The van der Waals surface area contributed by atoms with Crippen LogP contribution in [0.25, 0.3) is 0 Å². The van der Waals surface area contributed by atoms with Gasteiger partial charge in [0.25, 0.3) is 0 Å². The van der Waals surface area contributed by atoms with Gasteiger partial charge >= 0.3 is 0 Å². The molecule has 0 aromatic heterocycles. The van der Waals surface area contributed by atoms with E-state index in [-0.39, 0.29) is 18.0 Å². The van der Waals surface area contributed by atoms with Crippen LogP contribution in [0.5, 0.6) is 0 Å². The van der Waals surface area contributed by atoms with Gasteiger partial charge in [-0.2, -0.15) is 0 Å². The van der Waals surface area contributed by atoms with Gasteiger partial charge in [0.05, 0.1) is 25.3 Å². The number of hydrogen-bond donors (Lipinski definition) is 3. The molecule has 1 saturated heterocycles. The molecule has 8 heteroatoms. The maximum absolute atomic E-state index is 11.6. The van der Waals surface area contributed by atoms with Crippen molar-refractivity contribution in [2.24, 2.45) is 15.9 Å². The average molecular weight is 362 g/mol. The molecular weight excluding hydrogens is 332 g/mol. The fraction of sp³-hybridized carbons (Fsp3) is 0.611. The first-order valence-electron chi connectivity index (χ1n) is 8.87. The number of nitrogens with one attached hydrogen (secondary N) is 3. The van der Waals surface area contributed by atoms with Crippen LogP contribution in [0.1, 0.15) is 12.8 Å². The van der Waals surface area contributed by atoms with Crippen molar-refractivity contribution >= 4 is 17.7 Å². The van der Waals surface area contributed by atoms with E-state index >= 15 is 0 Å². The highest BCUT2D eigenvalue weighted by Crippen LogP contribution is 2.27. The highest BCUT2D eigenvalue weighted by molar-refractivity contribution is 6.00. The Morgan fingerprint density at radius 1 is 1.27 bits per heavy atom. The minimum Gasteiger partial charge on any atom is -0.377 e. The van der Waals surface area contributed by atoms with Crippen molar-refractivity contribution in [2.75, 3.05) is 40.9 Å². The van der Waals surface area contributed by atoms with Gasteiger partial charge in [0.2, 0.25) is 5.91 Å². The van der Waals surface area contributed by atoms with E-state index in [9.17, 15) is 4.79 Å². The third kappa shape index (κ3) is 5.87. The molecule has 0 aromatic carbocycles. The summed E-state index contributed by atoms with van der Waals surface area (Å²) in [4.78, 5) is 22.3. The molecule has 1 aliphatic carbocycles. The number of guanidine groups is 1. The second-order valence-electron chi connectivity index (χ2n) is 6.78. The number of amides is 1. The summed E-state index contributed by atoms with van der Waals surface area (Å²) in [5.74, 6) is 1.85. The van der Waals surface area contributed by atoms with Crippen LogP contribution in [0.4, 0.5) is 0 Å². The molecule has 0 radical (unpaired) electrons. The molecule has 0 unspecified atom stereocenters. The first-order valence-corrected chi connectivity index (χ1v) is 8.87. The van der Waals surface area contributed by atoms with E-state index in [1.165, 1.54) is 18.9 Å². The molecule has 3 N–H and O–H groups in total. The normalized spacial score (nSPS) is 23.3. The molecule has 8 nitrogen and oxygen atoms in total. The molecule has 2 aliphatic rings. The number of carbonyl (C=O) groups is 1. The minimum atomic E-state index is -0.218. The fourth-order valence-corrected chi connectivity index (χ4v) is 2.56. The van der Waals surface area contributed by atoms with Crippen LogP contribution in [-0.2, 0) is 9.53 Å². The summed E-state index contributed by atoms with van der Waals surface area (Å²) in [6.45, 7) is 9.35. The summed E-state index contributed by atoms with van der Waals surface area (Å²) in [6.07, 6.45) is 3.79. The smallest absolute Gasteiger partial charge is 0.243 e. The number of ether oxygens (including phenoxy) is 1. The van der Waals surface area contributed by atoms with E-state index in [0.717, 1.165) is 12.5 Å². The lowest BCUT2D eigenvalue weighted by molar-refractivity contribution is -0.117. The fourth-order valence-electron chi connectivity index (χ4n) is 2.56. The maximum Gasteiger partial charge on any atom is 0.243 e. The second-order valence-corrected chi connectivity index (χ2v) is 6.78. The zero-order chi connectivity index (χ0) is 19.1. The Balaban J connectivity index is 2.01. The van der Waals surface area contributed by atoms with Gasteiger partial charge in [-0.1, -0.05) is 13.2 Å². The van der Waals surface area contributed by atoms with Crippen molar-refractivity contribution in [3.8, 4) is 0 Å². The summed E-state index contributed by atoms with van der Waals surface area (Å²) in [6, 6.07) is -0.236. The van der Waals surface area contributed by atoms with Crippen LogP contribution >= 0.6 is 0 Å². The topological polar surface area (TPSA) is 90.3 Å². The number of rotatable bonds is 7. The van der Waals surface area contributed by atoms with E-state index in [1.807, 2.05) is 19.0 Å². The van der Waals surface area contributed by atoms with Gasteiger partial charge in [-0.15, -0.1) is 0 Å². The summed E-state index contributed by atoms with van der Waals surface area (Å²) >= 11 is 0. The molecule has 1 heterocycles. The van der Waals surface area contributed by atoms with E-state index in [2.05, 4.69) is 39.1 Å². The molecule has 1 amide bonds. The lowest BCUT2D eigenvalue weighted by atomic mass is 10.1. The first kappa shape index (κ1) is 20.0. The van der Waals surface area contributed by atoms with Gasteiger partial charge in [-0.25, -0.2) is 4.99 Å². The Bertz CT molecular complexity index is 594. The Morgan fingerprint density at radius 3 is 2.46 bits per heavy atom. The predicted octanol–water partition coefficient (Wildman–Crippen LogP) is 0.105. The molecule has 1 saturated carbocycles. The molecule has 0 spiro atoms. The second kappa shape index (κ2) is 9.38. The van der Waals surface area contributed by atoms with Crippen LogP contribution in [-0.4, -0.2) is 75.6 Å². The molecule has 0 aromatic rings. The Kier molecular flexibility index (Phi) is 7.20. The quantitative estimate of drug-likeness (QED) is 0.340. The number of amidine groups is 1.